The van der Waals surface area contributed by atoms with Crippen LogP contribution in [-0.4, -0.2) is 59.1 Å². The van der Waals surface area contributed by atoms with Crippen LogP contribution in [0.1, 0.15) is 41.9 Å². The van der Waals surface area contributed by atoms with Gasteiger partial charge in [-0.05, 0) is 57.2 Å². The maximum absolute atomic E-state index is 12.9. The first-order chi connectivity index (χ1) is 13.6. The first-order valence-corrected chi connectivity index (χ1v) is 10.0. The van der Waals surface area contributed by atoms with Gasteiger partial charge >= 0.3 is 0 Å². The van der Waals surface area contributed by atoms with Gasteiger partial charge in [-0.3, -0.25) is 14.7 Å². The van der Waals surface area contributed by atoms with Crippen molar-refractivity contribution in [3.63, 3.8) is 0 Å². The van der Waals surface area contributed by atoms with Crippen LogP contribution >= 0.6 is 12.4 Å². The molecule has 3 N–H and O–H groups in total. The van der Waals surface area contributed by atoms with E-state index in [0.29, 0.717) is 30.2 Å². The summed E-state index contributed by atoms with van der Waals surface area (Å²) in [4.78, 5) is 26.9. The summed E-state index contributed by atoms with van der Waals surface area (Å²) in [6.45, 7) is 4.75. The second-order valence-corrected chi connectivity index (χ2v) is 7.73. The number of amides is 2. The van der Waals surface area contributed by atoms with E-state index in [1.807, 2.05) is 24.0 Å². The highest BCUT2D eigenvalue weighted by Gasteiger charge is 2.28. The molecular weight excluding hydrogens is 394 g/mol. The van der Waals surface area contributed by atoms with E-state index in [1.54, 1.807) is 6.07 Å². The molecule has 0 saturated carbocycles. The topological polar surface area (TPSA) is 103 Å². The number of nitrogens with zero attached hydrogens (tertiary/aromatic N) is 2. The molecule has 2 amide bonds. The van der Waals surface area contributed by atoms with E-state index >= 15 is 0 Å². The van der Waals surface area contributed by atoms with Crippen LogP contribution in [0.2, 0.25) is 0 Å². The number of nitrogens with one attached hydrogen (secondary N) is 3. The second kappa shape index (κ2) is 9.45. The van der Waals surface area contributed by atoms with Crippen molar-refractivity contribution in [3.05, 3.63) is 29.7 Å². The van der Waals surface area contributed by atoms with Crippen LogP contribution in [0.5, 0.6) is 0 Å². The van der Waals surface area contributed by atoms with Gasteiger partial charge in [-0.25, -0.2) is 0 Å². The van der Waals surface area contributed by atoms with Gasteiger partial charge in [0.1, 0.15) is 11.5 Å². The van der Waals surface area contributed by atoms with Crippen LogP contribution in [0.3, 0.4) is 0 Å². The number of hydrogen-bond acceptors (Lipinski definition) is 5. The molecule has 4 heterocycles. The van der Waals surface area contributed by atoms with Gasteiger partial charge in [0.2, 0.25) is 5.91 Å². The first-order valence-electron chi connectivity index (χ1n) is 10.0. The van der Waals surface area contributed by atoms with Gasteiger partial charge < -0.3 is 20.0 Å². The number of halogens is 1. The number of carbonyl (C=O) groups is 2. The lowest BCUT2D eigenvalue weighted by molar-refractivity contribution is -0.123. The molecule has 2 saturated heterocycles. The summed E-state index contributed by atoms with van der Waals surface area (Å²) < 4.78 is 5.58. The maximum atomic E-state index is 12.9. The zero-order chi connectivity index (χ0) is 19.5. The highest BCUT2D eigenvalue weighted by atomic mass is 35.5. The molecule has 2 aromatic heterocycles. The zero-order valence-corrected chi connectivity index (χ0v) is 17.4. The quantitative estimate of drug-likeness (QED) is 0.686. The Bertz CT molecular complexity index is 843. The maximum Gasteiger partial charge on any atom is 0.274 e. The van der Waals surface area contributed by atoms with Crippen molar-refractivity contribution in [1.82, 2.24) is 25.7 Å². The molecule has 0 spiro atoms. The van der Waals surface area contributed by atoms with Crippen molar-refractivity contribution < 1.29 is 14.0 Å². The van der Waals surface area contributed by atoms with E-state index < -0.39 is 0 Å². The fourth-order valence-electron chi connectivity index (χ4n) is 3.99. The van der Waals surface area contributed by atoms with Gasteiger partial charge in [-0.15, -0.1) is 12.4 Å². The largest absolute Gasteiger partial charge is 0.460 e. The Morgan fingerprint density at radius 1 is 1.31 bits per heavy atom. The standard InChI is InChI=1S/C20H27N5O3.ClH/c1-13-6-7-18(28-13)16-10-17(24-23-16)20(27)25-9-3-4-14(12-25)11-22-19(26)15-5-2-8-21-15;/h6-7,10,14-15,21H,2-5,8-9,11-12H2,1H3,(H,22,26)(H,23,24);1H. The van der Waals surface area contributed by atoms with Gasteiger partial charge in [-0.1, -0.05) is 0 Å². The van der Waals surface area contributed by atoms with Crippen molar-refractivity contribution in [2.24, 2.45) is 5.92 Å². The molecule has 0 radical (unpaired) electrons. The van der Waals surface area contributed by atoms with Crippen LogP contribution in [0.25, 0.3) is 11.5 Å². The van der Waals surface area contributed by atoms with E-state index in [2.05, 4.69) is 20.8 Å². The highest BCUT2D eigenvalue weighted by Crippen LogP contribution is 2.22. The van der Waals surface area contributed by atoms with Crippen LogP contribution in [-0.2, 0) is 4.79 Å². The van der Waals surface area contributed by atoms with E-state index in [4.69, 9.17) is 4.42 Å². The van der Waals surface area contributed by atoms with Gasteiger partial charge in [0.15, 0.2) is 11.5 Å². The minimum absolute atomic E-state index is 0. The molecule has 0 aliphatic carbocycles. The third-order valence-corrected chi connectivity index (χ3v) is 5.55. The summed E-state index contributed by atoms with van der Waals surface area (Å²) in [6.07, 6.45) is 3.90. The smallest absolute Gasteiger partial charge is 0.274 e. The average molecular weight is 422 g/mol. The van der Waals surface area contributed by atoms with E-state index in [9.17, 15) is 9.59 Å². The second-order valence-electron chi connectivity index (χ2n) is 7.73. The summed E-state index contributed by atoms with van der Waals surface area (Å²) >= 11 is 0. The van der Waals surface area contributed by atoms with Crippen LogP contribution < -0.4 is 10.6 Å². The monoisotopic (exact) mass is 421 g/mol. The number of rotatable bonds is 5. The number of carbonyl (C=O) groups excluding carboxylic acids is 2. The molecule has 4 rings (SSSR count). The fourth-order valence-corrected chi connectivity index (χ4v) is 3.99. The molecule has 2 aliphatic heterocycles. The predicted octanol–water partition coefficient (Wildman–Crippen LogP) is 2.12. The molecule has 158 valence electrons. The summed E-state index contributed by atoms with van der Waals surface area (Å²) in [5.41, 5.74) is 1.09. The van der Waals surface area contributed by atoms with Crippen molar-refractivity contribution in [2.75, 3.05) is 26.2 Å². The Balaban J connectivity index is 0.00000240. The van der Waals surface area contributed by atoms with E-state index in [-0.39, 0.29) is 36.2 Å². The molecule has 29 heavy (non-hydrogen) atoms. The lowest BCUT2D eigenvalue weighted by atomic mass is 9.97. The van der Waals surface area contributed by atoms with Crippen LogP contribution in [0, 0.1) is 12.8 Å². The number of aromatic amines is 1. The first kappa shape index (κ1) is 21.4. The number of aryl methyl sites for hydroxylation is 1. The Hall–Kier alpha value is -2.32. The fraction of sp³-hybridized carbons (Fsp3) is 0.550. The van der Waals surface area contributed by atoms with Crippen molar-refractivity contribution >= 4 is 24.2 Å². The van der Waals surface area contributed by atoms with Crippen molar-refractivity contribution in [3.8, 4) is 11.5 Å². The SMILES string of the molecule is Cc1ccc(-c2cc(C(=O)N3CCCC(CNC(=O)C4CCCN4)C3)n[nH]2)o1.Cl. The minimum Gasteiger partial charge on any atom is -0.460 e. The third-order valence-electron chi connectivity index (χ3n) is 5.55. The summed E-state index contributed by atoms with van der Waals surface area (Å²) in [5.74, 6) is 1.75. The molecular formula is C20H28ClN5O3. The molecule has 8 nitrogen and oxygen atoms in total. The van der Waals surface area contributed by atoms with Crippen molar-refractivity contribution in [1.29, 1.82) is 0 Å². The Morgan fingerprint density at radius 3 is 2.90 bits per heavy atom. The van der Waals surface area contributed by atoms with Crippen molar-refractivity contribution in [2.45, 2.75) is 38.6 Å². The Kier molecular flexibility index (Phi) is 6.97. The lowest BCUT2D eigenvalue weighted by Crippen LogP contribution is -2.46. The third kappa shape index (κ3) is 5.00. The van der Waals surface area contributed by atoms with Crippen LogP contribution in [0.4, 0.5) is 0 Å². The molecule has 2 fully saturated rings. The van der Waals surface area contributed by atoms with E-state index in [1.165, 1.54) is 0 Å². The summed E-state index contributed by atoms with van der Waals surface area (Å²) in [5, 5.41) is 13.3. The Morgan fingerprint density at radius 2 is 2.17 bits per heavy atom. The number of furan rings is 1. The van der Waals surface area contributed by atoms with Gasteiger partial charge in [-0.2, -0.15) is 5.10 Å². The molecule has 0 bridgehead atoms. The number of H-pyrrole nitrogens is 1. The molecule has 2 atom stereocenters. The normalized spacial score (nSPS) is 21.6. The van der Waals surface area contributed by atoms with E-state index in [0.717, 1.165) is 44.5 Å². The summed E-state index contributed by atoms with van der Waals surface area (Å²) in [6, 6.07) is 5.41. The number of aromatic nitrogens is 2. The molecule has 2 aliphatic rings. The van der Waals surface area contributed by atoms with Crippen LogP contribution in [0.15, 0.2) is 22.6 Å². The average Bonchev–Trinajstić information content (AvgIpc) is 3.46. The number of piperidine rings is 1. The molecule has 2 aromatic rings. The number of likely N-dealkylation sites (tertiary alicyclic amines) is 1. The zero-order valence-electron chi connectivity index (χ0n) is 16.6. The number of hydrogen-bond donors (Lipinski definition) is 3. The van der Waals surface area contributed by atoms with Gasteiger partial charge in [0.05, 0.1) is 6.04 Å². The predicted molar refractivity (Wildman–Crippen MR) is 111 cm³/mol. The van der Waals surface area contributed by atoms with Gasteiger partial charge in [0.25, 0.3) is 5.91 Å². The lowest BCUT2D eigenvalue weighted by Gasteiger charge is -2.32. The molecule has 0 aromatic carbocycles. The highest BCUT2D eigenvalue weighted by molar-refractivity contribution is 5.93. The summed E-state index contributed by atoms with van der Waals surface area (Å²) in [7, 11) is 0. The molecule has 2 unspecified atom stereocenters. The van der Waals surface area contributed by atoms with Gasteiger partial charge in [0, 0.05) is 25.7 Å². The minimum atomic E-state index is -0.0840. The Labute approximate surface area is 176 Å². The molecule has 9 heteroatoms.